The Balaban J connectivity index is 1.70. The lowest BCUT2D eigenvalue weighted by atomic mass is 10.1. The largest absolute Gasteiger partial charge is 0.445 e. The molecular weight excluding hydrogens is 216 g/mol. The van der Waals surface area contributed by atoms with Gasteiger partial charge in [-0.3, -0.25) is 0 Å². The van der Waals surface area contributed by atoms with Crippen LogP contribution in [0.3, 0.4) is 0 Å². The van der Waals surface area contributed by atoms with Gasteiger partial charge in [0.2, 0.25) is 0 Å². The number of nitrogens with one attached hydrogen (secondary N) is 2. The minimum absolute atomic E-state index is 0.201. The summed E-state index contributed by atoms with van der Waals surface area (Å²) in [5, 5.41) is 6.11. The molecule has 1 unspecified atom stereocenters. The molecule has 0 bridgehead atoms. The Labute approximate surface area is 101 Å². The number of piperidine rings is 1. The van der Waals surface area contributed by atoms with Crippen LogP contribution < -0.4 is 10.6 Å². The smallest absolute Gasteiger partial charge is 0.407 e. The summed E-state index contributed by atoms with van der Waals surface area (Å²) in [7, 11) is 0. The van der Waals surface area contributed by atoms with Crippen LogP contribution in [0.1, 0.15) is 18.4 Å². The average molecular weight is 234 g/mol. The summed E-state index contributed by atoms with van der Waals surface area (Å²) >= 11 is 0. The number of amides is 1. The minimum atomic E-state index is -0.331. The van der Waals surface area contributed by atoms with Gasteiger partial charge in [0.15, 0.2) is 0 Å². The molecular formula is C13H18N2O2. The van der Waals surface area contributed by atoms with Crippen molar-refractivity contribution < 1.29 is 9.53 Å². The third kappa shape index (κ3) is 4.07. The summed E-state index contributed by atoms with van der Waals surface area (Å²) in [4.78, 5) is 11.5. The number of hydrogen-bond donors (Lipinski definition) is 2. The SMILES string of the molecule is O=C(NC1CCCNC1)OCc1ccccc1. The summed E-state index contributed by atoms with van der Waals surface area (Å²) in [6.45, 7) is 2.20. The monoisotopic (exact) mass is 234 g/mol. The van der Waals surface area contributed by atoms with Gasteiger partial charge in [-0.1, -0.05) is 30.3 Å². The normalized spacial score (nSPS) is 19.6. The fraction of sp³-hybridized carbons (Fsp3) is 0.462. The molecule has 0 aromatic heterocycles. The van der Waals surface area contributed by atoms with E-state index in [1.807, 2.05) is 30.3 Å². The van der Waals surface area contributed by atoms with Crippen LogP contribution in [0.25, 0.3) is 0 Å². The zero-order valence-corrected chi connectivity index (χ0v) is 9.82. The third-order valence-electron chi connectivity index (χ3n) is 2.83. The van der Waals surface area contributed by atoms with Crippen LogP contribution in [0.4, 0.5) is 4.79 Å². The number of ether oxygens (including phenoxy) is 1. The second-order valence-corrected chi connectivity index (χ2v) is 4.25. The van der Waals surface area contributed by atoms with Gasteiger partial charge in [0.25, 0.3) is 0 Å². The first-order chi connectivity index (χ1) is 8.34. The van der Waals surface area contributed by atoms with Gasteiger partial charge in [0.1, 0.15) is 6.61 Å². The number of alkyl carbamates (subject to hydrolysis) is 1. The lowest BCUT2D eigenvalue weighted by Gasteiger charge is -2.23. The third-order valence-corrected chi connectivity index (χ3v) is 2.83. The predicted octanol–water partition coefficient (Wildman–Crippen LogP) is 1.66. The van der Waals surface area contributed by atoms with Gasteiger partial charge in [0, 0.05) is 12.6 Å². The number of benzene rings is 1. The molecule has 1 heterocycles. The molecule has 17 heavy (non-hydrogen) atoms. The molecule has 0 aliphatic carbocycles. The van der Waals surface area contributed by atoms with Gasteiger partial charge in [-0.2, -0.15) is 0 Å². The van der Waals surface area contributed by atoms with Crippen molar-refractivity contribution in [2.75, 3.05) is 13.1 Å². The summed E-state index contributed by atoms with van der Waals surface area (Å²) < 4.78 is 5.15. The molecule has 1 aliphatic rings. The second-order valence-electron chi connectivity index (χ2n) is 4.25. The van der Waals surface area contributed by atoms with Gasteiger partial charge in [-0.05, 0) is 24.9 Å². The molecule has 0 spiro atoms. The minimum Gasteiger partial charge on any atom is -0.445 e. The van der Waals surface area contributed by atoms with Crippen LogP contribution in [0.5, 0.6) is 0 Å². The van der Waals surface area contributed by atoms with E-state index < -0.39 is 0 Å². The Morgan fingerprint density at radius 1 is 1.41 bits per heavy atom. The zero-order chi connectivity index (χ0) is 11.9. The van der Waals surface area contributed by atoms with E-state index in [2.05, 4.69) is 10.6 Å². The molecule has 4 heteroatoms. The maximum absolute atomic E-state index is 11.5. The summed E-state index contributed by atoms with van der Waals surface area (Å²) in [5.41, 5.74) is 1.00. The van der Waals surface area contributed by atoms with Crippen molar-refractivity contribution in [3.63, 3.8) is 0 Å². The van der Waals surface area contributed by atoms with Gasteiger partial charge >= 0.3 is 6.09 Å². The highest BCUT2D eigenvalue weighted by molar-refractivity contribution is 5.67. The fourth-order valence-corrected chi connectivity index (χ4v) is 1.91. The highest BCUT2D eigenvalue weighted by Gasteiger charge is 2.15. The average Bonchev–Trinajstić information content (AvgIpc) is 2.39. The van der Waals surface area contributed by atoms with Gasteiger partial charge in [-0.15, -0.1) is 0 Å². The molecule has 1 aromatic carbocycles. The Morgan fingerprint density at radius 2 is 2.24 bits per heavy atom. The van der Waals surface area contributed by atoms with Crippen molar-refractivity contribution in [3.05, 3.63) is 35.9 Å². The topological polar surface area (TPSA) is 50.4 Å². The van der Waals surface area contributed by atoms with Crippen LogP contribution >= 0.6 is 0 Å². The van der Waals surface area contributed by atoms with Crippen molar-refractivity contribution >= 4 is 6.09 Å². The van der Waals surface area contributed by atoms with E-state index in [1.165, 1.54) is 0 Å². The molecule has 0 radical (unpaired) electrons. The van der Waals surface area contributed by atoms with E-state index in [-0.39, 0.29) is 12.1 Å². The van der Waals surface area contributed by atoms with Gasteiger partial charge in [-0.25, -0.2) is 4.79 Å². The van der Waals surface area contributed by atoms with E-state index in [9.17, 15) is 4.79 Å². The van der Waals surface area contributed by atoms with Gasteiger partial charge < -0.3 is 15.4 Å². The van der Waals surface area contributed by atoms with E-state index in [0.717, 1.165) is 31.5 Å². The number of carbonyl (C=O) groups excluding carboxylic acids is 1. The van der Waals surface area contributed by atoms with Crippen molar-refractivity contribution in [2.24, 2.45) is 0 Å². The number of carbonyl (C=O) groups is 1. The Bertz CT molecular complexity index is 348. The molecule has 1 saturated heterocycles. The van der Waals surface area contributed by atoms with Crippen LogP contribution in [0.2, 0.25) is 0 Å². The molecule has 1 atom stereocenters. The summed E-state index contributed by atoms with van der Waals surface area (Å²) in [5.74, 6) is 0. The van der Waals surface area contributed by atoms with E-state index in [4.69, 9.17) is 4.74 Å². The maximum atomic E-state index is 11.5. The first-order valence-electron chi connectivity index (χ1n) is 6.02. The second kappa shape index (κ2) is 6.25. The van der Waals surface area contributed by atoms with Crippen molar-refractivity contribution in [1.29, 1.82) is 0 Å². The van der Waals surface area contributed by atoms with Crippen molar-refractivity contribution in [3.8, 4) is 0 Å². The first-order valence-corrected chi connectivity index (χ1v) is 6.02. The number of rotatable bonds is 3. The zero-order valence-electron chi connectivity index (χ0n) is 9.82. The molecule has 1 fully saturated rings. The molecule has 0 saturated carbocycles. The Hall–Kier alpha value is -1.55. The van der Waals surface area contributed by atoms with E-state index in [0.29, 0.717) is 6.61 Å². The molecule has 1 amide bonds. The molecule has 2 rings (SSSR count). The molecule has 1 aromatic rings. The number of hydrogen-bond acceptors (Lipinski definition) is 3. The fourth-order valence-electron chi connectivity index (χ4n) is 1.91. The van der Waals surface area contributed by atoms with Gasteiger partial charge in [0.05, 0.1) is 0 Å². The maximum Gasteiger partial charge on any atom is 0.407 e. The van der Waals surface area contributed by atoms with Crippen LogP contribution in [-0.4, -0.2) is 25.2 Å². The summed E-state index contributed by atoms with van der Waals surface area (Å²) in [6.07, 6.45) is 1.79. The Kier molecular flexibility index (Phi) is 4.38. The first kappa shape index (κ1) is 11.9. The lowest BCUT2D eigenvalue weighted by Crippen LogP contribution is -2.45. The van der Waals surface area contributed by atoms with E-state index >= 15 is 0 Å². The Morgan fingerprint density at radius 3 is 2.94 bits per heavy atom. The molecule has 2 N–H and O–H groups in total. The molecule has 92 valence electrons. The van der Waals surface area contributed by atoms with Crippen molar-refractivity contribution in [2.45, 2.75) is 25.5 Å². The van der Waals surface area contributed by atoms with Crippen LogP contribution in [-0.2, 0) is 11.3 Å². The summed E-state index contributed by atoms with van der Waals surface area (Å²) in [6, 6.07) is 9.89. The van der Waals surface area contributed by atoms with E-state index in [1.54, 1.807) is 0 Å². The lowest BCUT2D eigenvalue weighted by molar-refractivity contribution is 0.134. The highest BCUT2D eigenvalue weighted by atomic mass is 16.5. The predicted molar refractivity (Wildman–Crippen MR) is 65.7 cm³/mol. The quantitative estimate of drug-likeness (QED) is 0.836. The molecule has 1 aliphatic heterocycles. The highest BCUT2D eigenvalue weighted by Crippen LogP contribution is 2.03. The molecule has 4 nitrogen and oxygen atoms in total. The van der Waals surface area contributed by atoms with Crippen LogP contribution in [0.15, 0.2) is 30.3 Å². The standard InChI is InChI=1S/C13H18N2O2/c16-13(15-12-7-4-8-14-9-12)17-10-11-5-2-1-3-6-11/h1-3,5-6,12,14H,4,7-10H2,(H,15,16). The van der Waals surface area contributed by atoms with Crippen molar-refractivity contribution in [1.82, 2.24) is 10.6 Å². The van der Waals surface area contributed by atoms with Crippen LogP contribution in [0, 0.1) is 0 Å².